The highest BCUT2D eigenvalue weighted by molar-refractivity contribution is 7.99. The first kappa shape index (κ1) is 12.5. The summed E-state index contributed by atoms with van der Waals surface area (Å²) in [6.45, 7) is 3.74. The molecule has 98 valence electrons. The van der Waals surface area contributed by atoms with Gasteiger partial charge in [0.15, 0.2) is 11.4 Å². The number of halogens is 1. The van der Waals surface area contributed by atoms with E-state index in [9.17, 15) is 0 Å². The standard InChI is InChI=1S/C12H10ClN3O2S/c1-6(11-14-7(2)16-18-11)19-12-15-9-5-8(13)3-4-10(9)17-12/h3-6H,1-2H3. The van der Waals surface area contributed by atoms with Crippen molar-refractivity contribution in [3.8, 4) is 0 Å². The van der Waals surface area contributed by atoms with Crippen molar-refractivity contribution in [3.63, 3.8) is 0 Å². The van der Waals surface area contributed by atoms with Gasteiger partial charge in [0, 0.05) is 5.02 Å². The first-order chi connectivity index (χ1) is 9.11. The maximum absolute atomic E-state index is 5.91. The maximum atomic E-state index is 5.91. The molecule has 0 aliphatic carbocycles. The molecule has 0 saturated carbocycles. The molecule has 19 heavy (non-hydrogen) atoms. The lowest BCUT2D eigenvalue weighted by Crippen LogP contribution is -1.88. The quantitative estimate of drug-likeness (QED) is 0.680. The molecule has 0 fully saturated rings. The van der Waals surface area contributed by atoms with Crippen LogP contribution in [0.25, 0.3) is 11.1 Å². The van der Waals surface area contributed by atoms with Gasteiger partial charge in [-0.05, 0) is 32.0 Å². The minimum Gasteiger partial charge on any atom is -0.431 e. The predicted octanol–water partition coefficient (Wildman–Crippen LogP) is 4.03. The third kappa shape index (κ3) is 2.59. The Balaban J connectivity index is 1.85. The number of hydrogen-bond donors (Lipinski definition) is 0. The van der Waals surface area contributed by atoms with Crippen LogP contribution in [0.4, 0.5) is 0 Å². The molecule has 1 aromatic carbocycles. The van der Waals surface area contributed by atoms with Crippen LogP contribution >= 0.6 is 23.4 Å². The molecule has 0 saturated heterocycles. The lowest BCUT2D eigenvalue weighted by molar-refractivity contribution is 0.375. The van der Waals surface area contributed by atoms with E-state index in [2.05, 4.69) is 15.1 Å². The van der Waals surface area contributed by atoms with Gasteiger partial charge in [0.25, 0.3) is 5.22 Å². The van der Waals surface area contributed by atoms with Crippen LogP contribution in [0.3, 0.4) is 0 Å². The van der Waals surface area contributed by atoms with E-state index in [0.717, 1.165) is 5.52 Å². The average Bonchev–Trinajstić information content (AvgIpc) is 2.94. The molecule has 0 aliphatic rings. The molecule has 0 radical (unpaired) electrons. The first-order valence-electron chi connectivity index (χ1n) is 5.65. The van der Waals surface area contributed by atoms with Crippen molar-refractivity contribution >= 4 is 34.5 Å². The Hall–Kier alpha value is -1.53. The van der Waals surface area contributed by atoms with Crippen molar-refractivity contribution in [2.24, 2.45) is 0 Å². The van der Waals surface area contributed by atoms with Crippen molar-refractivity contribution in [2.45, 2.75) is 24.3 Å². The summed E-state index contributed by atoms with van der Waals surface area (Å²) in [5, 5.41) is 4.94. The Bertz CT molecular complexity index is 725. The Morgan fingerprint density at radius 2 is 2.16 bits per heavy atom. The van der Waals surface area contributed by atoms with Gasteiger partial charge in [0.1, 0.15) is 5.52 Å². The van der Waals surface area contributed by atoms with Crippen molar-refractivity contribution in [2.75, 3.05) is 0 Å². The molecule has 0 bridgehead atoms. The van der Waals surface area contributed by atoms with Gasteiger partial charge in [-0.2, -0.15) is 4.98 Å². The monoisotopic (exact) mass is 295 g/mol. The third-order valence-electron chi connectivity index (χ3n) is 2.50. The van der Waals surface area contributed by atoms with Crippen LogP contribution in [0.1, 0.15) is 23.9 Å². The number of hydrogen-bond acceptors (Lipinski definition) is 6. The molecule has 0 aliphatic heterocycles. The smallest absolute Gasteiger partial charge is 0.257 e. The van der Waals surface area contributed by atoms with Gasteiger partial charge in [-0.15, -0.1) is 0 Å². The topological polar surface area (TPSA) is 65.0 Å². The molecule has 5 nitrogen and oxygen atoms in total. The number of rotatable bonds is 3. The molecule has 0 amide bonds. The molecule has 7 heteroatoms. The molecule has 1 atom stereocenters. The van der Waals surface area contributed by atoms with Gasteiger partial charge in [0.05, 0.1) is 5.25 Å². The van der Waals surface area contributed by atoms with E-state index in [-0.39, 0.29) is 5.25 Å². The van der Waals surface area contributed by atoms with Crippen LogP contribution in [0.15, 0.2) is 32.4 Å². The third-order valence-corrected chi connectivity index (χ3v) is 3.67. The molecular weight excluding hydrogens is 286 g/mol. The van der Waals surface area contributed by atoms with E-state index < -0.39 is 0 Å². The van der Waals surface area contributed by atoms with E-state index in [1.165, 1.54) is 11.8 Å². The van der Waals surface area contributed by atoms with Crippen molar-refractivity contribution in [1.29, 1.82) is 0 Å². The van der Waals surface area contributed by atoms with Crippen LogP contribution in [0.2, 0.25) is 5.02 Å². The minimum atomic E-state index is -0.0234. The SMILES string of the molecule is Cc1noc(C(C)Sc2nc3cc(Cl)ccc3o2)n1. The van der Waals surface area contributed by atoms with Crippen LogP contribution in [0.5, 0.6) is 0 Å². The van der Waals surface area contributed by atoms with Gasteiger partial charge >= 0.3 is 0 Å². The predicted molar refractivity (Wildman–Crippen MR) is 72.3 cm³/mol. The van der Waals surface area contributed by atoms with Crippen LogP contribution < -0.4 is 0 Å². The number of oxazole rings is 1. The van der Waals surface area contributed by atoms with Crippen LogP contribution in [-0.4, -0.2) is 15.1 Å². The van der Waals surface area contributed by atoms with Crippen LogP contribution in [-0.2, 0) is 0 Å². The zero-order valence-corrected chi connectivity index (χ0v) is 11.8. The van der Waals surface area contributed by atoms with E-state index in [4.69, 9.17) is 20.5 Å². The number of benzene rings is 1. The average molecular weight is 296 g/mol. The fourth-order valence-corrected chi connectivity index (χ4v) is 2.56. The second-order valence-electron chi connectivity index (χ2n) is 4.03. The fraction of sp³-hybridized carbons (Fsp3) is 0.250. The molecular formula is C12H10ClN3O2S. The Labute approximate surface area is 118 Å². The summed E-state index contributed by atoms with van der Waals surface area (Å²) < 4.78 is 10.7. The zero-order valence-electron chi connectivity index (χ0n) is 10.3. The van der Waals surface area contributed by atoms with Gasteiger partial charge in [-0.1, -0.05) is 28.5 Å². The molecule has 0 spiro atoms. The summed E-state index contributed by atoms with van der Waals surface area (Å²) in [5.74, 6) is 1.18. The van der Waals surface area contributed by atoms with E-state index in [1.54, 1.807) is 25.1 Å². The van der Waals surface area contributed by atoms with Gasteiger partial charge in [-0.25, -0.2) is 4.98 Å². The van der Waals surface area contributed by atoms with E-state index in [0.29, 0.717) is 27.5 Å². The number of fused-ring (bicyclic) bond motifs is 1. The largest absolute Gasteiger partial charge is 0.431 e. The summed E-state index contributed by atoms with van der Waals surface area (Å²) in [5.41, 5.74) is 1.45. The van der Waals surface area contributed by atoms with Crippen LogP contribution in [0, 0.1) is 6.92 Å². The second-order valence-corrected chi connectivity index (χ2v) is 5.76. The minimum absolute atomic E-state index is 0.0234. The fourth-order valence-electron chi connectivity index (χ4n) is 1.61. The summed E-state index contributed by atoms with van der Waals surface area (Å²) in [7, 11) is 0. The lowest BCUT2D eigenvalue weighted by atomic mass is 10.3. The Morgan fingerprint density at radius 1 is 1.32 bits per heavy atom. The van der Waals surface area contributed by atoms with Gasteiger partial charge in [0.2, 0.25) is 5.89 Å². The lowest BCUT2D eigenvalue weighted by Gasteiger charge is -2.00. The Kier molecular flexibility index (Phi) is 3.20. The van der Waals surface area contributed by atoms with E-state index in [1.807, 2.05) is 6.92 Å². The first-order valence-corrected chi connectivity index (χ1v) is 6.90. The highest BCUT2D eigenvalue weighted by atomic mass is 35.5. The van der Waals surface area contributed by atoms with Crippen molar-refractivity contribution in [3.05, 3.63) is 34.9 Å². The molecule has 1 unspecified atom stereocenters. The highest BCUT2D eigenvalue weighted by Gasteiger charge is 2.18. The summed E-state index contributed by atoms with van der Waals surface area (Å²) in [6, 6.07) is 5.34. The number of aryl methyl sites for hydroxylation is 1. The normalized spacial score (nSPS) is 13.0. The number of nitrogens with zero attached hydrogens (tertiary/aromatic N) is 3. The summed E-state index contributed by atoms with van der Waals surface area (Å²) in [4.78, 5) is 8.55. The zero-order chi connectivity index (χ0) is 13.4. The molecule has 2 aromatic heterocycles. The molecule has 0 N–H and O–H groups in total. The molecule has 3 rings (SSSR count). The summed E-state index contributed by atoms with van der Waals surface area (Å²) >= 11 is 7.34. The highest BCUT2D eigenvalue weighted by Crippen LogP contribution is 2.35. The number of thioether (sulfide) groups is 1. The maximum Gasteiger partial charge on any atom is 0.257 e. The molecule has 2 heterocycles. The summed E-state index contributed by atoms with van der Waals surface area (Å²) in [6.07, 6.45) is 0. The number of aromatic nitrogens is 3. The molecule has 3 aromatic rings. The van der Waals surface area contributed by atoms with Crippen molar-refractivity contribution < 1.29 is 8.94 Å². The second kappa shape index (κ2) is 4.86. The Morgan fingerprint density at radius 3 is 2.89 bits per heavy atom. The van der Waals surface area contributed by atoms with Crippen molar-refractivity contribution in [1.82, 2.24) is 15.1 Å². The van der Waals surface area contributed by atoms with E-state index >= 15 is 0 Å². The van der Waals surface area contributed by atoms with Gasteiger partial charge < -0.3 is 8.94 Å². The van der Waals surface area contributed by atoms with Gasteiger partial charge in [-0.3, -0.25) is 0 Å².